The summed E-state index contributed by atoms with van der Waals surface area (Å²) in [6.45, 7) is 1.72. The fraction of sp³-hybridized carbons (Fsp3) is 0.579. The molecule has 26 heavy (non-hydrogen) atoms. The van der Waals surface area contributed by atoms with Crippen LogP contribution in [-0.2, 0) is 4.79 Å². The van der Waals surface area contributed by atoms with Crippen LogP contribution in [0.5, 0.6) is 0 Å². The topological polar surface area (TPSA) is 36.4 Å². The van der Waals surface area contributed by atoms with Gasteiger partial charge in [0.15, 0.2) is 5.13 Å². The van der Waals surface area contributed by atoms with Crippen molar-refractivity contribution in [3.05, 3.63) is 22.7 Å². The number of amides is 1. The summed E-state index contributed by atoms with van der Waals surface area (Å²) in [5.41, 5.74) is 0.962. The molecule has 0 spiro atoms. The minimum atomic E-state index is 0. The van der Waals surface area contributed by atoms with Crippen molar-refractivity contribution >= 4 is 60.9 Å². The first-order chi connectivity index (χ1) is 12.0. The van der Waals surface area contributed by atoms with Crippen molar-refractivity contribution in [1.82, 2.24) is 9.88 Å². The van der Waals surface area contributed by atoms with E-state index in [1.54, 1.807) is 11.3 Å². The van der Waals surface area contributed by atoms with Gasteiger partial charge in [0.2, 0.25) is 5.91 Å². The third kappa shape index (κ3) is 5.41. The monoisotopic (exact) mass is 459 g/mol. The number of carbonyl (C=O) groups is 1. The standard InChI is InChI=1S/C19H26BrN3OS.ClH/c1-22(2)11-6-12-23(18(24)14-7-4-3-5-8-14)19-21-16-13-15(20)9-10-17(16)25-19;/h9-10,13-14H,3-8,11-12H2,1-2H3;1H. The van der Waals surface area contributed by atoms with Gasteiger partial charge in [-0.05, 0) is 58.1 Å². The molecule has 4 nitrogen and oxygen atoms in total. The van der Waals surface area contributed by atoms with Crippen LogP contribution < -0.4 is 4.90 Å². The van der Waals surface area contributed by atoms with E-state index in [-0.39, 0.29) is 24.2 Å². The van der Waals surface area contributed by atoms with Crippen molar-refractivity contribution in [1.29, 1.82) is 0 Å². The first kappa shape index (κ1) is 21.6. The molecule has 0 saturated heterocycles. The summed E-state index contributed by atoms with van der Waals surface area (Å²) >= 11 is 5.13. The molecule has 1 aliphatic rings. The highest BCUT2D eigenvalue weighted by Gasteiger charge is 2.28. The van der Waals surface area contributed by atoms with E-state index in [4.69, 9.17) is 4.98 Å². The Morgan fingerprint density at radius 3 is 2.65 bits per heavy atom. The number of halogens is 2. The molecule has 0 N–H and O–H groups in total. The second kappa shape index (κ2) is 10.0. The van der Waals surface area contributed by atoms with Gasteiger partial charge in [-0.25, -0.2) is 4.98 Å². The summed E-state index contributed by atoms with van der Waals surface area (Å²) < 4.78 is 2.15. The molecule has 0 unspecified atom stereocenters. The molecule has 1 aromatic carbocycles. The van der Waals surface area contributed by atoms with E-state index in [1.807, 2.05) is 17.0 Å². The molecule has 0 bridgehead atoms. The van der Waals surface area contributed by atoms with Crippen LogP contribution >= 0.6 is 39.7 Å². The van der Waals surface area contributed by atoms with Gasteiger partial charge in [0.05, 0.1) is 10.2 Å². The Morgan fingerprint density at radius 1 is 1.23 bits per heavy atom. The average Bonchev–Trinajstić information content (AvgIpc) is 3.01. The van der Waals surface area contributed by atoms with Crippen molar-refractivity contribution in [2.24, 2.45) is 5.92 Å². The van der Waals surface area contributed by atoms with Crippen LogP contribution in [0.25, 0.3) is 10.2 Å². The van der Waals surface area contributed by atoms with Gasteiger partial charge in [0, 0.05) is 16.9 Å². The SMILES string of the molecule is CN(C)CCCN(C(=O)C1CCCCC1)c1nc2cc(Br)ccc2s1.Cl. The molecule has 1 fully saturated rings. The molecular weight excluding hydrogens is 434 g/mol. The second-order valence-electron chi connectivity index (χ2n) is 7.09. The molecule has 7 heteroatoms. The molecule has 1 aliphatic carbocycles. The van der Waals surface area contributed by atoms with E-state index in [2.05, 4.69) is 41.0 Å². The molecule has 1 saturated carbocycles. The van der Waals surface area contributed by atoms with E-state index in [1.165, 1.54) is 19.3 Å². The molecule has 2 aromatic rings. The lowest BCUT2D eigenvalue weighted by Crippen LogP contribution is -2.38. The predicted molar refractivity (Wildman–Crippen MR) is 117 cm³/mol. The Hall–Kier alpha value is -0.690. The highest BCUT2D eigenvalue weighted by Crippen LogP contribution is 2.33. The minimum Gasteiger partial charge on any atom is -0.309 e. The van der Waals surface area contributed by atoms with Crippen molar-refractivity contribution < 1.29 is 4.79 Å². The number of nitrogens with zero attached hydrogens (tertiary/aromatic N) is 3. The maximum atomic E-state index is 13.2. The third-order valence-electron chi connectivity index (χ3n) is 4.78. The van der Waals surface area contributed by atoms with Crippen LogP contribution in [0.1, 0.15) is 38.5 Å². The van der Waals surface area contributed by atoms with Crippen molar-refractivity contribution in [2.75, 3.05) is 32.1 Å². The Balaban J connectivity index is 0.00000243. The van der Waals surface area contributed by atoms with Crippen molar-refractivity contribution in [2.45, 2.75) is 38.5 Å². The quantitative estimate of drug-likeness (QED) is 0.583. The zero-order valence-electron chi connectivity index (χ0n) is 15.4. The molecule has 1 aromatic heterocycles. The lowest BCUT2D eigenvalue weighted by molar-refractivity contribution is -0.123. The first-order valence-electron chi connectivity index (χ1n) is 9.07. The molecule has 0 aliphatic heterocycles. The number of thiazole rings is 1. The fourth-order valence-electron chi connectivity index (χ4n) is 3.42. The van der Waals surface area contributed by atoms with E-state index >= 15 is 0 Å². The maximum Gasteiger partial charge on any atom is 0.231 e. The molecule has 0 radical (unpaired) electrons. The second-order valence-corrected chi connectivity index (χ2v) is 9.01. The summed E-state index contributed by atoms with van der Waals surface area (Å²) in [5, 5.41) is 0.849. The molecule has 1 heterocycles. The van der Waals surface area contributed by atoms with Crippen molar-refractivity contribution in [3.8, 4) is 0 Å². The molecule has 144 valence electrons. The molecular formula is C19H27BrClN3OS. The van der Waals surface area contributed by atoms with Gasteiger partial charge in [-0.1, -0.05) is 46.5 Å². The maximum absolute atomic E-state index is 13.2. The van der Waals surface area contributed by atoms with E-state index in [0.29, 0.717) is 0 Å². The van der Waals surface area contributed by atoms with E-state index in [9.17, 15) is 4.79 Å². The van der Waals surface area contributed by atoms with Gasteiger partial charge in [-0.15, -0.1) is 12.4 Å². The Kier molecular flexibility index (Phi) is 8.33. The van der Waals surface area contributed by atoms with Gasteiger partial charge in [-0.3, -0.25) is 9.69 Å². The minimum absolute atomic E-state index is 0. The van der Waals surface area contributed by atoms with Gasteiger partial charge in [0.1, 0.15) is 0 Å². The van der Waals surface area contributed by atoms with Crippen LogP contribution in [0, 0.1) is 5.92 Å². The highest BCUT2D eigenvalue weighted by molar-refractivity contribution is 9.10. The molecule has 1 amide bonds. The first-order valence-corrected chi connectivity index (χ1v) is 10.7. The summed E-state index contributed by atoms with van der Waals surface area (Å²) in [5.74, 6) is 0.448. The van der Waals surface area contributed by atoms with Crippen molar-refractivity contribution in [3.63, 3.8) is 0 Å². The van der Waals surface area contributed by atoms with E-state index in [0.717, 1.165) is 52.2 Å². The number of fused-ring (bicyclic) bond motifs is 1. The summed E-state index contributed by atoms with van der Waals surface area (Å²) in [6, 6.07) is 6.13. The number of anilines is 1. The summed E-state index contributed by atoms with van der Waals surface area (Å²) in [4.78, 5) is 22.1. The smallest absolute Gasteiger partial charge is 0.231 e. The average molecular weight is 461 g/mol. The zero-order valence-corrected chi connectivity index (χ0v) is 18.6. The van der Waals surface area contributed by atoms with Gasteiger partial charge >= 0.3 is 0 Å². The normalized spacial score (nSPS) is 15.2. The number of benzene rings is 1. The predicted octanol–water partition coefficient (Wildman–Crippen LogP) is 5.35. The van der Waals surface area contributed by atoms with Gasteiger partial charge in [-0.2, -0.15) is 0 Å². The largest absolute Gasteiger partial charge is 0.309 e. The number of rotatable bonds is 6. The highest BCUT2D eigenvalue weighted by atomic mass is 79.9. The van der Waals surface area contributed by atoms with E-state index < -0.39 is 0 Å². The Morgan fingerprint density at radius 2 is 1.96 bits per heavy atom. The fourth-order valence-corrected chi connectivity index (χ4v) is 4.75. The Labute approximate surface area is 174 Å². The lowest BCUT2D eigenvalue weighted by Gasteiger charge is -2.28. The number of carbonyl (C=O) groups excluding carboxylic acids is 1. The Bertz CT molecular complexity index is 731. The molecule has 3 rings (SSSR count). The number of hydrogen-bond donors (Lipinski definition) is 0. The van der Waals surface area contributed by atoms with Crippen LogP contribution in [0.3, 0.4) is 0 Å². The van der Waals surface area contributed by atoms with Gasteiger partial charge < -0.3 is 4.90 Å². The summed E-state index contributed by atoms with van der Waals surface area (Å²) in [7, 11) is 4.14. The van der Waals surface area contributed by atoms with Crippen LogP contribution in [0.2, 0.25) is 0 Å². The summed E-state index contributed by atoms with van der Waals surface area (Å²) in [6.07, 6.45) is 6.63. The third-order valence-corrected chi connectivity index (χ3v) is 6.33. The number of aromatic nitrogens is 1. The molecule has 0 atom stereocenters. The zero-order chi connectivity index (χ0) is 17.8. The number of hydrogen-bond acceptors (Lipinski definition) is 4. The van der Waals surface area contributed by atoms with Crippen LogP contribution in [0.4, 0.5) is 5.13 Å². The lowest BCUT2D eigenvalue weighted by atomic mass is 9.88. The van der Waals surface area contributed by atoms with Crippen LogP contribution in [0.15, 0.2) is 22.7 Å². The van der Waals surface area contributed by atoms with Crippen LogP contribution in [-0.4, -0.2) is 43.0 Å². The van der Waals surface area contributed by atoms with Gasteiger partial charge in [0.25, 0.3) is 0 Å².